The minimum Gasteiger partial charge on any atom is -0.377 e. The van der Waals surface area contributed by atoms with Gasteiger partial charge in [-0.05, 0) is 12.5 Å². The summed E-state index contributed by atoms with van der Waals surface area (Å²) in [6.07, 6.45) is 6.76. The second-order valence-corrected chi connectivity index (χ2v) is 7.07. The van der Waals surface area contributed by atoms with Gasteiger partial charge in [0.05, 0.1) is 21.3 Å². The van der Waals surface area contributed by atoms with Crippen LogP contribution in [0.25, 0.3) is 0 Å². The summed E-state index contributed by atoms with van der Waals surface area (Å²) in [5.74, 6) is 0.422. The molecule has 88 valence electrons. The summed E-state index contributed by atoms with van der Waals surface area (Å²) in [6.45, 7) is 4.24. The molecule has 0 fully saturated rings. The van der Waals surface area contributed by atoms with Gasteiger partial charge in [0.1, 0.15) is 0 Å². The first-order valence-corrected chi connectivity index (χ1v) is 7.19. The minimum absolute atomic E-state index is 0.205. The SMILES string of the molecule is COC1C=CC(C2N=C(C)SC2Br)=CC1C. The first kappa shape index (κ1) is 12.4. The lowest BCUT2D eigenvalue weighted by Gasteiger charge is -2.24. The number of alkyl halides is 1. The van der Waals surface area contributed by atoms with E-state index in [-0.39, 0.29) is 12.1 Å². The fourth-order valence-electron chi connectivity index (χ4n) is 2.06. The fourth-order valence-corrected chi connectivity index (χ4v) is 4.15. The third-order valence-electron chi connectivity index (χ3n) is 2.92. The number of aliphatic imine (C=N–C) groups is 1. The van der Waals surface area contributed by atoms with Gasteiger partial charge in [0.15, 0.2) is 0 Å². The highest BCUT2D eigenvalue weighted by Crippen LogP contribution is 2.37. The number of ether oxygens (including phenoxy) is 1. The molecule has 1 heterocycles. The molecule has 2 rings (SSSR count). The monoisotopic (exact) mass is 301 g/mol. The number of nitrogens with zero attached hydrogens (tertiary/aromatic N) is 1. The van der Waals surface area contributed by atoms with Gasteiger partial charge in [-0.1, -0.05) is 52.8 Å². The van der Waals surface area contributed by atoms with Crippen molar-refractivity contribution in [2.24, 2.45) is 10.9 Å². The Hall–Kier alpha value is -0.0600. The average molecular weight is 302 g/mol. The molecule has 0 saturated carbocycles. The summed E-state index contributed by atoms with van der Waals surface area (Å²) < 4.78 is 5.75. The van der Waals surface area contributed by atoms with Gasteiger partial charge in [-0.15, -0.1) is 0 Å². The zero-order valence-electron chi connectivity index (χ0n) is 9.68. The Balaban J connectivity index is 2.15. The summed E-state index contributed by atoms with van der Waals surface area (Å²) in [5, 5.41) is 1.16. The van der Waals surface area contributed by atoms with E-state index in [2.05, 4.69) is 53.0 Å². The molecule has 0 amide bonds. The molecule has 0 aromatic carbocycles. The molecule has 1 aliphatic heterocycles. The van der Waals surface area contributed by atoms with Gasteiger partial charge in [-0.25, -0.2) is 0 Å². The van der Waals surface area contributed by atoms with Gasteiger partial charge in [0.2, 0.25) is 0 Å². The molecule has 2 nitrogen and oxygen atoms in total. The van der Waals surface area contributed by atoms with Crippen molar-refractivity contribution in [3.05, 3.63) is 23.8 Å². The van der Waals surface area contributed by atoms with Crippen LogP contribution in [0.2, 0.25) is 0 Å². The maximum absolute atomic E-state index is 5.38. The van der Waals surface area contributed by atoms with Crippen molar-refractivity contribution in [3.63, 3.8) is 0 Å². The second-order valence-electron chi connectivity index (χ2n) is 4.15. The Morgan fingerprint density at radius 2 is 2.25 bits per heavy atom. The highest BCUT2D eigenvalue weighted by molar-refractivity contribution is 9.11. The van der Waals surface area contributed by atoms with Crippen molar-refractivity contribution in [2.45, 2.75) is 30.2 Å². The van der Waals surface area contributed by atoms with Crippen LogP contribution in [0, 0.1) is 5.92 Å². The molecule has 0 aromatic heterocycles. The van der Waals surface area contributed by atoms with Crippen molar-refractivity contribution < 1.29 is 4.74 Å². The number of hydrogen-bond acceptors (Lipinski definition) is 3. The molecule has 16 heavy (non-hydrogen) atoms. The van der Waals surface area contributed by atoms with Crippen molar-refractivity contribution in [3.8, 4) is 0 Å². The van der Waals surface area contributed by atoms with E-state index >= 15 is 0 Å². The predicted octanol–water partition coefficient (Wildman–Crippen LogP) is 3.39. The van der Waals surface area contributed by atoms with E-state index < -0.39 is 0 Å². The molecule has 1 aliphatic carbocycles. The van der Waals surface area contributed by atoms with Gasteiger partial charge in [-0.2, -0.15) is 0 Å². The first-order chi connectivity index (χ1) is 7.61. The Morgan fingerprint density at radius 1 is 1.50 bits per heavy atom. The van der Waals surface area contributed by atoms with Crippen LogP contribution in [0.1, 0.15) is 13.8 Å². The first-order valence-electron chi connectivity index (χ1n) is 5.39. The van der Waals surface area contributed by atoms with Gasteiger partial charge in [0.25, 0.3) is 0 Å². The number of hydrogen-bond donors (Lipinski definition) is 0. The normalized spacial score (nSPS) is 38.5. The minimum atomic E-state index is 0.205. The molecular weight excluding hydrogens is 286 g/mol. The van der Waals surface area contributed by atoms with Gasteiger partial charge >= 0.3 is 0 Å². The van der Waals surface area contributed by atoms with Crippen LogP contribution in [0.5, 0.6) is 0 Å². The van der Waals surface area contributed by atoms with Crippen LogP contribution < -0.4 is 0 Å². The second kappa shape index (κ2) is 5.07. The average Bonchev–Trinajstić information content (AvgIpc) is 2.58. The third-order valence-corrected chi connectivity index (χ3v) is 4.91. The number of rotatable bonds is 2. The number of methoxy groups -OCH3 is 1. The van der Waals surface area contributed by atoms with E-state index in [4.69, 9.17) is 4.74 Å². The number of halogens is 1. The molecule has 0 bridgehead atoms. The summed E-state index contributed by atoms with van der Waals surface area (Å²) in [7, 11) is 1.76. The fraction of sp³-hybridized carbons (Fsp3) is 0.583. The molecule has 0 N–H and O–H groups in total. The Morgan fingerprint density at radius 3 is 2.75 bits per heavy atom. The molecule has 2 aliphatic rings. The van der Waals surface area contributed by atoms with Gasteiger partial charge in [0, 0.05) is 13.0 Å². The summed E-state index contributed by atoms with van der Waals surface area (Å²) in [5.41, 5.74) is 1.30. The van der Waals surface area contributed by atoms with Crippen molar-refractivity contribution in [1.29, 1.82) is 0 Å². The van der Waals surface area contributed by atoms with E-state index in [0.717, 1.165) is 5.04 Å². The largest absolute Gasteiger partial charge is 0.377 e. The highest BCUT2D eigenvalue weighted by atomic mass is 79.9. The smallest absolute Gasteiger partial charge is 0.0975 e. The molecule has 0 saturated heterocycles. The molecule has 0 radical (unpaired) electrons. The summed E-state index contributed by atoms with van der Waals surface area (Å²) in [4.78, 5) is 4.65. The maximum atomic E-state index is 5.38. The maximum Gasteiger partial charge on any atom is 0.0975 e. The summed E-state index contributed by atoms with van der Waals surface area (Å²) in [6, 6.07) is 0.251. The third kappa shape index (κ3) is 2.44. The van der Waals surface area contributed by atoms with E-state index in [1.165, 1.54) is 5.57 Å². The van der Waals surface area contributed by atoms with E-state index in [1.54, 1.807) is 18.9 Å². The zero-order valence-corrected chi connectivity index (χ0v) is 12.1. The van der Waals surface area contributed by atoms with E-state index in [9.17, 15) is 0 Å². The quantitative estimate of drug-likeness (QED) is 0.729. The van der Waals surface area contributed by atoms with E-state index in [1.807, 2.05) is 0 Å². The van der Waals surface area contributed by atoms with Crippen LogP contribution in [-0.4, -0.2) is 28.5 Å². The Labute approximate surface area is 109 Å². The molecule has 4 unspecified atom stereocenters. The lowest BCUT2D eigenvalue weighted by Crippen LogP contribution is -2.23. The topological polar surface area (TPSA) is 21.6 Å². The van der Waals surface area contributed by atoms with E-state index in [0.29, 0.717) is 10.1 Å². The van der Waals surface area contributed by atoms with Crippen LogP contribution >= 0.6 is 27.7 Å². The van der Waals surface area contributed by atoms with Crippen molar-refractivity contribution in [1.82, 2.24) is 0 Å². The molecule has 0 spiro atoms. The molecule has 0 aromatic rings. The predicted molar refractivity (Wildman–Crippen MR) is 74.4 cm³/mol. The number of thioether (sulfide) groups is 1. The van der Waals surface area contributed by atoms with Crippen molar-refractivity contribution >= 4 is 32.7 Å². The van der Waals surface area contributed by atoms with Gasteiger partial charge in [-0.3, -0.25) is 4.99 Å². The Bertz CT molecular complexity index is 364. The van der Waals surface area contributed by atoms with Gasteiger partial charge < -0.3 is 4.74 Å². The highest BCUT2D eigenvalue weighted by Gasteiger charge is 2.30. The molecule has 4 heteroatoms. The Kier molecular flexibility index (Phi) is 3.93. The molecular formula is C12H16BrNOS. The standard InChI is InChI=1S/C12H16BrNOS/c1-7-6-9(4-5-10(7)15-3)11-12(13)16-8(2)14-11/h4-7,10-12H,1-3H3. The van der Waals surface area contributed by atoms with Crippen molar-refractivity contribution in [2.75, 3.05) is 7.11 Å². The van der Waals surface area contributed by atoms with Crippen LogP contribution in [0.3, 0.4) is 0 Å². The lowest BCUT2D eigenvalue weighted by molar-refractivity contribution is 0.111. The summed E-state index contributed by atoms with van der Waals surface area (Å²) >= 11 is 5.47. The van der Waals surface area contributed by atoms with Crippen LogP contribution in [-0.2, 0) is 4.74 Å². The van der Waals surface area contributed by atoms with Crippen LogP contribution in [0.4, 0.5) is 0 Å². The molecule has 4 atom stereocenters. The lowest BCUT2D eigenvalue weighted by atomic mass is 9.92. The zero-order chi connectivity index (χ0) is 11.7. The van der Waals surface area contributed by atoms with Crippen LogP contribution in [0.15, 0.2) is 28.8 Å².